The average molecular weight is 385 g/mol. The van der Waals surface area contributed by atoms with Crippen LogP contribution in [-0.4, -0.2) is 31.2 Å². The fourth-order valence-corrected chi connectivity index (χ4v) is 2.43. The molecule has 2 rings (SSSR count). The second-order valence-corrected chi connectivity index (χ2v) is 6.60. The van der Waals surface area contributed by atoms with Gasteiger partial charge in [-0.3, -0.25) is 4.79 Å². The number of hydrogen-bond acceptors (Lipinski definition) is 5. The highest BCUT2D eigenvalue weighted by molar-refractivity contribution is 6.05. The van der Waals surface area contributed by atoms with Crippen LogP contribution in [0.1, 0.15) is 43.1 Å². The zero-order valence-corrected chi connectivity index (χ0v) is 16.9. The predicted octanol–water partition coefficient (Wildman–Crippen LogP) is 4.36. The van der Waals surface area contributed by atoms with Gasteiger partial charge < -0.3 is 19.5 Å². The molecule has 0 bridgehead atoms. The van der Waals surface area contributed by atoms with Crippen molar-refractivity contribution in [3.63, 3.8) is 0 Å². The number of anilines is 1. The van der Waals surface area contributed by atoms with Crippen molar-refractivity contribution in [3.05, 3.63) is 53.6 Å². The molecule has 2 aromatic carbocycles. The first kappa shape index (κ1) is 21.3. The standard InChI is InChI=1S/C22H27NO5/c1-6-15(3)27-22(25)16(4)28-18-10-8-17(9-11-18)21(24)23-19-13-14(2)7-12-20(19)26-5/h7-13,15-16H,6H2,1-5H3,(H,23,24)/t15-,16+/m1/s1. The highest BCUT2D eigenvalue weighted by atomic mass is 16.6. The van der Waals surface area contributed by atoms with Gasteiger partial charge in [-0.2, -0.15) is 0 Å². The summed E-state index contributed by atoms with van der Waals surface area (Å²) in [4.78, 5) is 24.5. The molecular formula is C22H27NO5. The third kappa shape index (κ3) is 5.74. The summed E-state index contributed by atoms with van der Waals surface area (Å²) in [7, 11) is 1.56. The number of hydrogen-bond donors (Lipinski definition) is 1. The minimum absolute atomic E-state index is 0.150. The van der Waals surface area contributed by atoms with E-state index < -0.39 is 12.1 Å². The van der Waals surface area contributed by atoms with Gasteiger partial charge >= 0.3 is 5.97 Å². The summed E-state index contributed by atoms with van der Waals surface area (Å²) >= 11 is 0. The van der Waals surface area contributed by atoms with Crippen LogP contribution in [0.3, 0.4) is 0 Å². The van der Waals surface area contributed by atoms with Crippen LogP contribution < -0.4 is 14.8 Å². The molecule has 6 nitrogen and oxygen atoms in total. The number of benzene rings is 2. The first-order valence-electron chi connectivity index (χ1n) is 9.27. The maximum absolute atomic E-state index is 12.5. The van der Waals surface area contributed by atoms with Gasteiger partial charge in [0.15, 0.2) is 6.10 Å². The fourth-order valence-electron chi connectivity index (χ4n) is 2.43. The Labute approximate surface area is 165 Å². The van der Waals surface area contributed by atoms with Crippen LogP contribution in [0.5, 0.6) is 11.5 Å². The van der Waals surface area contributed by atoms with E-state index in [0.717, 1.165) is 12.0 Å². The molecule has 28 heavy (non-hydrogen) atoms. The monoisotopic (exact) mass is 385 g/mol. The van der Waals surface area contributed by atoms with E-state index in [4.69, 9.17) is 14.2 Å². The number of amides is 1. The summed E-state index contributed by atoms with van der Waals surface area (Å²) < 4.78 is 16.1. The van der Waals surface area contributed by atoms with Gasteiger partial charge in [0.1, 0.15) is 11.5 Å². The zero-order valence-electron chi connectivity index (χ0n) is 16.9. The summed E-state index contributed by atoms with van der Waals surface area (Å²) in [6.45, 7) is 7.35. The quantitative estimate of drug-likeness (QED) is 0.683. The Balaban J connectivity index is 2.01. The third-order valence-corrected chi connectivity index (χ3v) is 4.26. The number of rotatable bonds is 8. The highest BCUT2D eigenvalue weighted by Crippen LogP contribution is 2.26. The molecule has 0 aliphatic heterocycles. The van der Waals surface area contributed by atoms with E-state index in [0.29, 0.717) is 22.7 Å². The molecule has 2 aromatic rings. The minimum atomic E-state index is -0.731. The van der Waals surface area contributed by atoms with E-state index in [2.05, 4.69) is 5.32 Å². The van der Waals surface area contributed by atoms with Gasteiger partial charge in [0.2, 0.25) is 0 Å². The molecule has 0 aliphatic carbocycles. The molecule has 1 N–H and O–H groups in total. The van der Waals surface area contributed by atoms with E-state index in [9.17, 15) is 9.59 Å². The molecule has 0 radical (unpaired) electrons. The molecule has 6 heteroatoms. The number of methoxy groups -OCH3 is 1. The molecule has 0 aromatic heterocycles. The second-order valence-electron chi connectivity index (χ2n) is 6.60. The van der Waals surface area contributed by atoms with Crippen LogP contribution in [0.15, 0.2) is 42.5 Å². The van der Waals surface area contributed by atoms with Crippen molar-refractivity contribution in [2.24, 2.45) is 0 Å². The fraction of sp³-hybridized carbons (Fsp3) is 0.364. The Morgan fingerprint density at radius 3 is 2.36 bits per heavy atom. The Hall–Kier alpha value is -3.02. The van der Waals surface area contributed by atoms with Crippen molar-refractivity contribution < 1.29 is 23.8 Å². The maximum atomic E-state index is 12.5. The molecule has 1 amide bonds. The summed E-state index contributed by atoms with van der Waals surface area (Å²) in [5.74, 6) is 0.397. The number of nitrogens with one attached hydrogen (secondary N) is 1. The van der Waals surface area contributed by atoms with Crippen molar-refractivity contribution in [1.29, 1.82) is 0 Å². The van der Waals surface area contributed by atoms with Crippen LogP contribution in [0.4, 0.5) is 5.69 Å². The molecule has 0 saturated carbocycles. The summed E-state index contributed by atoms with van der Waals surface area (Å²) in [6, 6.07) is 12.1. The molecule has 150 valence electrons. The molecule has 0 spiro atoms. The number of ether oxygens (including phenoxy) is 3. The molecule has 0 unspecified atom stereocenters. The van der Waals surface area contributed by atoms with Gasteiger partial charge in [-0.05, 0) is 69.2 Å². The van der Waals surface area contributed by atoms with Gasteiger partial charge in [-0.25, -0.2) is 4.79 Å². The summed E-state index contributed by atoms with van der Waals surface area (Å²) in [5.41, 5.74) is 2.08. The van der Waals surface area contributed by atoms with Gasteiger partial charge in [-0.1, -0.05) is 13.0 Å². The Kier molecular flexibility index (Phi) is 7.44. The Morgan fingerprint density at radius 1 is 1.07 bits per heavy atom. The van der Waals surface area contributed by atoms with Crippen LogP contribution in [0, 0.1) is 6.92 Å². The summed E-state index contributed by atoms with van der Waals surface area (Å²) in [6.07, 6.45) is -0.137. The van der Waals surface area contributed by atoms with E-state index in [-0.39, 0.29) is 12.0 Å². The van der Waals surface area contributed by atoms with Crippen molar-refractivity contribution in [3.8, 4) is 11.5 Å². The van der Waals surface area contributed by atoms with Crippen molar-refractivity contribution >= 4 is 17.6 Å². The lowest BCUT2D eigenvalue weighted by molar-refractivity contribution is -0.155. The van der Waals surface area contributed by atoms with Crippen LogP contribution in [0.2, 0.25) is 0 Å². The van der Waals surface area contributed by atoms with Gasteiger partial charge in [0.05, 0.1) is 18.9 Å². The van der Waals surface area contributed by atoms with Crippen LogP contribution in [-0.2, 0) is 9.53 Å². The molecule has 0 saturated heterocycles. The van der Waals surface area contributed by atoms with E-state index in [1.165, 1.54) is 0 Å². The Morgan fingerprint density at radius 2 is 1.75 bits per heavy atom. The number of aryl methyl sites for hydroxylation is 1. The zero-order chi connectivity index (χ0) is 20.7. The largest absolute Gasteiger partial charge is 0.495 e. The normalized spacial score (nSPS) is 12.6. The number of esters is 1. The SMILES string of the molecule is CC[C@@H](C)OC(=O)[C@H](C)Oc1ccc(C(=O)Nc2cc(C)ccc2OC)cc1. The molecule has 0 fully saturated rings. The first-order valence-corrected chi connectivity index (χ1v) is 9.27. The molecule has 2 atom stereocenters. The Bertz CT molecular complexity index is 816. The number of carbonyl (C=O) groups excluding carboxylic acids is 2. The van der Waals surface area contributed by atoms with E-state index >= 15 is 0 Å². The third-order valence-electron chi connectivity index (χ3n) is 4.26. The van der Waals surface area contributed by atoms with E-state index in [1.807, 2.05) is 39.0 Å². The average Bonchev–Trinajstić information content (AvgIpc) is 2.68. The van der Waals surface area contributed by atoms with Crippen molar-refractivity contribution in [2.45, 2.75) is 46.3 Å². The van der Waals surface area contributed by atoms with Crippen molar-refractivity contribution in [2.75, 3.05) is 12.4 Å². The molecule has 0 aliphatic rings. The predicted molar refractivity (Wildman–Crippen MR) is 108 cm³/mol. The summed E-state index contributed by atoms with van der Waals surface area (Å²) in [5, 5.41) is 2.85. The lowest BCUT2D eigenvalue weighted by atomic mass is 10.1. The van der Waals surface area contributed by atoms with Crippen molar-refractivity contribution in [1.82, 2.24) is 0 Å². The minimum Gasteiger partial charge on any atom is -0.495 e. The second kappa shape index (κ2) is 9.78. The van der Waals surface area contributed by atoms with Gasteiger partial charge in [0, 0.05) is 5.56 Å². The van der Waals surface area contributed by atoms with Crippen LogP contribution in [0.25, 0.3) is 0 Å². The maximum Gasteiger partial charge on any atom is 0.347 e. The lowest BCUT2D eigenvalue weighted by Crippen LogP contribution is -2.29. The van der Waals surface area contributed by atoms with Gasteiger partial charge in [-0.15, -0.1) is 0 Å². The topological polar surface area (TPSA) is 73.9 Å². The highest BCUT2D eigenvalue weighted by Gasteiger charge is 2.19. The van der Waals surface area contributed by atoms with E-state index in [1.54, 1.807) is 38.3 Å². The number of carbonyl (C=O) groups is 2. The lowest BCUT2D eigenvalue weighted by Gasteiger charge is -2.17. The van der Waals surface area contributed by atoms with Gasteiger partial charge in [0.25, 0.3) is 5.91 Å². The van der Waals surface area contributed by atoms with Crippen LogP contribution >= 0.6 is 0 Å². The smallest absolute Gasteiger partial charge is 0.347 e. The molecule has 0 heterocycles. The molecular weight excluding hydrogens is 358 g/mol. The first-order chi connectivity index (χ1) is 13.3.